The number of carbonyl (C=O) groups is 1. The second kappa shape index (κ2) is 4.70. The summed E-state index contributed by atoms with van der Waals surface area (Å²) in [6.07, 6.45) is 0.627. The number of rotatable bonds is 4. The van der Waals surface area contributed by atoms with E-state index in [0.29, 0.717) is 16.3 Å². The van der Waals surface area contributed by atoms with Crippen LogP contribution >= 0.6 is 15.9 Å². The van der Waals surface area contributed by atoms with Crippen LogP contribution in [0.25, 0.3) is 0 Å². The standard InChI is InChI=1S/C10H9BrF2O2/c1-10(12,13)6-15-9-3-7(5-14)2-8(11)4-9/h2-5H,6H2,1H3. The van der Waals surface area contributed by atoms with Crippen LogP contribution in [0.3, 0.4) is 0 Å². The van der Waals surface area contributed by atoms with Crippen LogP contribution in [0.15, 0.2) is 22.7 Å². The zero-order valence-corrected chi connectivity index (χ0v) is 9.55. The Bertz CT molecular complexity index is 361. The minimum absolute atomic E-state index is 0.244. The van der Waals surface area contributed by atoms with Crippen molar-refractivity contribution in [3.8, 4) is 5.75 Å². The summed E-state index contributed by atoms with van der Waals surface area (Å²) in [6, 6.07) is 4.51. The van der Waals surface area contributed by atoms with Crippen LogP contribution in [0, 0.1) is 0 Å². The van der Waals surface area contributed by atoms with Crippen molar-refractivity contribution in [2.75, 3.05) is 6.61 Å². The third-order valence-corrected chi connectivity index (χ3v) is 1.98. The van der Waals surface area contributed by atoms with Crippen molar-refractivity contribution in [1.82, 2.24) is 0 Å². The molecule has 0 atom stereocenters. The fourth-order valence-corrected chi connectivity index (χ4v) is 1.44. The second-order valence-corrected chi connectivity index (χ2v) is 4.11. The molecule has 82 valence electrons. The maximum absolute atomic E-state index is 12.5. The molecule has 2 nitrogen and oxygen atoms in total. The Labute approximate surface area is 94.4 Å². The van der Waals surface area contributed by atoms with E-state index in [9.17, 15) is 13.6 Å². The Morgan fingerprint density at radius 3 is 2.67 bits per heavy atom. The zero-order chi connectivity index (χ0) is 11.5. The van der Waals surface area contributed by atoms with Gasteiger partial charge in [-0.2, -0.15) is 0 Å². The van der Waals surface area contributed by atoms with Gasteiger partial charge in [0.2, 0.25) is 0 Å². The van der Waals surface area contributed by atoms with E-state index in [1.165, 1.54) is 12.1 Å². The molecule has 0 aliphatic carbocycles. The molecule has 0 fully saturated rings. The Balaban J connectivity index is 2.77. The highest BCUT2D eigenvalue weighted by atomic mass is 79.9. The molecule has 1 aromatic carbocycles. The summed E-state index contributed by atoms with van der Waals surface area (Å²) in [5.41, 5.74) is 0.374. The number of aldehydes is 1. The first-order valence-corrected chi connectivity index (χ1v) is 4.96. The molecule has 0 heterocycles. The zero-order valence-electron chi connectivity index (χ0n) is 7.97. The molecule has 1 aromatic rings. The minimum atomic E-state index is -2.89. The van der Waals surface area contributed by atoms with Gasteiger partial charge in [-0.1, -0.05) is 15.9 Å². The van der Waals surface area contributed by atoms with Gasteiger partial charge in [0.05, 0.1) is 0 Å². The molecule has 0 bridgehead atoms. The summed E-state index contributed by atoms with van der Waals surface area (Å²) in [5.74, 6) is -2.64. The fraction of sp³-hybridized carbons (Fsp3) is 0.300. The molecular weight excluding hydrogens is 270 g/mol. The monoisotopic (exact) mass is 278 g/mol. The van der Waals surface area contributed by atoms with Crippen LogP contribution in [0.1, 0.15) is 17.3 Å². The van der Waals surface area contributed by atoms with Crippen LogP contribution < -0.4 is 4.74 Å². The highest BCUT2D eigenvalue weighted by Crippen LogP contribution is 2.22. The van der Waals surface area contributed by atoms with E-state index in [1.54, 1.807) is 6.07 Å². The molecule has 0 saturated carbocycles. The summed E-state index contributed by atoms with van der Waals surface area (Å²) in [7, 11) is 0. The maximum Gasteiger partial charge on any atom is 0.278 e. The average Bonchev–Trinajstić information content (AvgIpc) is 2.13. The van der Waals surface area contributed by atoms with Crippen molar-refractivity contribution in [3.63, 3.8) is 0 Å². The number of carbonyl (C=O) groups excluding carboxylic acids is 1. The Morgan fingerprint density at radius 2 is 2.13 bits per heavy atom. The maximum atomic E-state index is 12.5. The molecule has 0 spiro atoms. The summed E-state index contributed by atoms with van der Waals surface area (Å²) in [4.78, 5) is 10.5. The quantitative estimate of drug-likeness (QED) is 0.790. The summed E-state index contributed by atoms with van der Waals surface area (Å²) >= 11 is 3.15. The first-order chi connectivity index (χ1) is 6.90. The number of benzene rings is 1. The van der Waals surface area contributed by atoms with Gasteiger partial charge in [0.15, 0.2) is 6.61 Å². The molecule has 0 radical (unpaired) electrons. The molecule has 0 aromatic heterocycles. The predicted molar refractivity (Wildman–Crippen MR) is 55.6 cm³/mol. The number of hydrogen-bond acceptors (Lipinski definition) is 2. The number of halogens is 3. The van der Waals surface area contributed by atoms with E-state index >= 15 is 0 Å². The van der Waals surface area contributed by atoms with Crippen molar-refractivity contribution >= 4 is 22.2 Å². The second-order valence-electron chi connectivity index (χ2n) is 3.20. The highest BCUT2D eigenvalue weighted by molar-refractivity contribution is 9.10. The molecule has 0 N–H and O–H groups in total. The molecule has 0 unspecified atom stereocenters. The summed E-state index contributed by atoms with van der Waals surface area (Å²) in [5, 5.41) is 0. The molecular formula is C10H9BrF2O2. The SMILES string of the molecule is CC(F)(F)COc1cc(Br)cc(C=O)c1. The summed E-state index contributed by atoms with van der Waals surface area (Å²) < 4.78 is 30.4. The van der Waals surface area contributed by atoms with Crippen LogP contribution in [0.5, 0.6) is 5.75 Å². The van der Waals surface area contributed by atoms with Crippen molar-refractivity contribution in [1.29, 1.82) is 0 Å². The first-order valence-electron chi connectivity index (χ1n) is 4.17. The number of alkyl halides is 2. The van der Waals surface area contributed by atoms with Gasteiger partial charge in [0.25, 0.3) is 5.92 Å². The third kappa shape index (κ3) is 4.38. The molecule has 0 saturated heterocycles. The molecule has 0 amide bonds. The van der Waals surface area contributed by atoms with Crippen LogP contribution in [0.4, 0.5) is 8.78 Å². The molecule has 1 rings (SSSR count). The van der Waals surface area contributed by atoms with Gasteiger partial charge in [0.1, 0.15) is 12.0 Å². The van der Waals surface area contributed by atoms with E-state index in [2.05, 4.69) is 15.9 Å². The van der Waals surface area contributed by atoms with Crippen LogP contribution in [-0.2, 0) is 0 Å². The molecule has 0 aliphatic heterocycles. The van der Waals surface area contributed by atoms with Crippen molar-refractivity contribution < 1.29 is 18.3 Å². The van der Waals surface area contributed by atoms with Gasteiger partial charge in [-0.25, -0.2) is 8.78 Å². The average molecular weight is 279 g/mol. The van der Waals surface area contributed by atoms with E-state index in [1.807, 2.05) is 0 Å². The number of hydrogen-bond donors (Lipinski definition) is 0. The topological polar surface area (TPSA) is 26.3 Å². The lowest BCUT2D eigenvalue weighted by atomic mass is 10.2. The third-order valence-electron chi connectivity index (χ3n) is 1.52. The van der Waals surface area contributed by atoms with Gasteiger partial charge >= 0.3 is 0 Å². The van der Waals surface area contributed by atoms with Crippen molar-refractivity contribution in [3.05, 3.63) is 28.2 Å². The van der Waals surface area contributed by atoms with Gasteiger partial charge in [-0.15, -0.1) is 0 Å². The van der Waals surface area contributed by atoms with Crippen molar-refractivity contribution in [2.24, 2.45) is 0 Å². The molecule has 5 heteroatoms. The van der Waals surface area contributed by atoms with Crippen LogP contribution in [0.2, 0.25) is 0 Å². The van der Waals surface area contributed by atoms with Crippen molar-refractivity contribution in [2.45, 2.75) is 12.8 Å². The lowest BCUT2D eigenvalue weighted by molar-refractivity contribution is -0.0229. The largest absolute Gasteiger partial charge is 0.487 e. The minimum Gasteiger partial charge on any atom is -0.487 e. The number of ether oxygens (including phenoxy) is 1. The van der Waals surface area contributed by atoms with E-state index < -0.39 is 12.5 Å². The van der Waals surface area contributed by atoms with E-state index in [-0.39, 0.29) is 5.75 Å². The first kappa shape index (κ1) is 12.1. The van der Waals surface area contributed by atoms with Gasteiger partial charge < -0.3 is 4.74 Å². The molecule has 15 heavy (non-hydrogen) atoms. The normalized spacial score (nSPS) is 11.2. The Kier molecular flexibility index (Phi) is 3.79. The Hall–Kier alpha value is -0.970. The smallest absolute Gasteiger partial charge is 0.278 e. The van der Waals surface area contributed by atoms with Crippen LogP contribution in [-0.4, -0.2) is 18.8 Å². The lowest BCUT2D eigenvalue weighted by Crippen LogP contribution is -2.20. The molecule has 0 aliphatic rings. The van der Waals surface area contributed by atoms with Gasteiger partial charge in [-0.05, 0) is 18.2 Å². The van der Waals surface area contributed by atoms with E-state index in [0.717, 1.165) is 6.92 Å². The lowest BCUT2D eigenvalue weighted by Gasteiger charge is -2.12. The van der Waals surface area contributed by atoms with E-state index in [4.69, 9.17) is 4.74 Å². The predicted octanol–water partition coefficient (Wildman–Crippen LogP) is 3.30. The summed E-state index contributed by atoms with van der Waals surface area (Å²) in [6.45, 7) is 0.0629. The van der Waals surface area contributed by atoms with Gasteiger partial charge in [-0.3, -0.25) is 4.79 Å². The fourth-order valence-electron chi connectivity index (χ4n) is 0.946. The van der Waals surface area contributed by atoms with Gasteiger partial charge in [0, 0.05) is 17.0 Å². The Morgan fingerprint density at radius 1 is 1.47 bits per heavy atom. The highest BCUT2D eigenvalue weighted by Gasteiger charge is 2.22.